The summed E-state index contributed by atoms with van der Waals surface area (Å²) >= 11 is 11.6. The molecule has 1 aromatic carbocycles. The first kappa shape index (κ1) is 12.2. The molecule has 1 atom stereocenters. The van der Waals surface area contributed by atoms with E-state index in [-0.39, 0.29) is 27.6 Å². The zero-order chi connectivity index (χ0) is 12.4. The fraction of sp³-hybridized carbons (Fsp3) is 0.273. The molecule has 0 aliphatic heterocycles. The fourth-order valence-electron chi connectivity index (χ4n) is 1.65. The zero-order valence-electron chi connectivity index (χ0n) is 8.73. The minimum atomic E-state index is -0.550. The Balaban J connectivity index is 2.36. The number of hydrogen-bond acceptors (Lipinski definition) is 3. The van der Waals surface area contributed by atoms with E-state index in [2.05, 4.69) is 0 Å². The number of hydrogen-bond donors (Lipinski definition) is 0. The Kier molecular flexibility index (Phi) is 3.54. The van der Waals surface area contributed by atoms with E-state index in [9.17, 15) is 10.1 Å². The van der Waals surface area contributed by atoms with Crippen LogP contribution < -0.4 is 4.74 Å². The van der Waals surface area contributed by atoms with Gasteiger partial charge in [-0.15, -0.1) is 0 Å². The van der Waals surface area contributed by atoms with Crippen molar-refractivity contribution in [3.8, 4) is 5.75 Å². The Bertz CT molecular complexity index is 488. The van der Waals surface area contributed by atoms with Crippen LogP contribution in [0.25, 0.3) is 0 Å². The quantitative estimate of drug-likeness (QED) is 0.475. The minimum Gasteiger partial charge on any atom is -0.478 e. The summed E-state index contributed by atoms with van der Waals surface area (Å²) in [5.74, 6) is 0.0811. The molecule has 2 rings (SSSR count). The summed E-state index contributed by atoms with van der Waals surface area (Å²) in [5.41, 5.74) is -0.206. The molecule has 0 saturated carbocycles. The number of halogens is 2. The van der Waals surface area contributed by atoms with Crippen molar-refractivity contribution in [2.45, 2.75) is 18.9 Å². The van der Waals surface area contributed by atoms with Crippen molar-refractivity contribution in [2.75, 3.05) is 0 Å². The van der Waals surface area contributed by atoms with Gasteiger partial charge in [0.1, 0.15) is 6.10 Å². The van der Waals surface area contributed by atoms with Gasteiger partial charge in [-0.25, -0.2) is 0 Å². The van der Waals surface area contributed by atoms with Crippen molar-refractivity contribution in [1.82, 2.24) is 0 Å². The van der Waals surface area contributed by atoms with Crippen molar-refractivity contribution < 1.29 is 9.66 Å². The van der Waals surface area contributed by atoms with Gasteiger partial charge < -0.3 is 4.74 Å². The number of nitro groups is 1. The van der Waals surface area contributed by atoms with Crippen LogP contribution in [0.1, 0.15) is 12.8 Å². The molecule has 0 aromatic heterocycles. The Morgan fingerprint density at radius 2 is 2.18 bits per heavy atom. The highest BCUT2D eigenvalue weighted by Gasteiger charge is 2.23. The third-order valence-electron chi connectivity index (χ3n) is 2.42. The largest absolute Gasteiger partial charge is 0.478 e. The molecule has 0 bridgehead atoms. The maximum Gasteiger partial charge on any atom is 0.314 e. The van der Waals surface area contributed by atoms with Gasteiger partial charge in [-0.05, 0) is 25.0 Å². The first-order chi connectivity index (χ1) is 8.08. The van der Waals surface area contributed by atoms with Gasteiger partial charge in [-0.2, -0.15) is 0 Å². The van der Waals surface area contributed by atoms with E-state index < -0.39 is 4.92 Å². The van der Waals surface area contributed by atoms with Crippen molar-refractivity contribution in [3.63, 3.8) is 0 Å². The molecule has 0 radical (unpaired) electrons. The van der Waals surface area contributed by atoms with E-state index in [1.54, 1.807) is 0 Å². The van der Waals surface area contributed by atoms with Gasteiger partial charge in [0.05, 0.1) is 9.95 Å². The van der Waals surface area contributed by atoms with Crippen LogP contribution in [0.2, 0.25) is 10.0 Å². The zero-order valence-corrected chi connectivity index (χ0v) is 10.2. The molecule has 0 unspecified atom stereocenters. The summed E-state index contributed by atoms with van der Waals surface area (Å²) in [4.78, 5) is 10.3. The average molecular weight is 274 g/mol. The topological polar surface area (TPSA) is 52.4 Å². The summed E-state index contributed by atoms with van der Waals surface area (Å²) in [5, 5.41) is 11.3. The van der Waals surface area contributed by atoms with Gasteiger partial charge in [0.2, 0.25) is 5.75 Å². The van der Waals surface area contributed by atoms with E-state index in [1.165, 1.54) is 12.1 Å². The lowest BCUT2D eigenvalue weighted by Gasteiger charge is -2.13. The summed E-state index contributed by atoms with van der Waals surface area (Å²) in [6.07, 6.45) is 5.39. The molecular weight excluding hydrogens is 265 g/mol. The molecule has 0 amide bonds. The maximum absolute atomic E-state index is 10.9. The van der Waals surface area contributed by atoms with Crippen LogP contribution in [0.15, 0.2) is 24.3 Å². The second-order valence-corrected chi connectivity index (χ2v) is 4.50. The van der Waals surface area contributed by atoms with Crippen LogP contribution in [0.4, 0.5) is 5.69 Å². The van der Waals surface area contributed by atoms with E-state index >= 15 is 0 Å². The Hall–Kier alpha value is -1.26. The minimum absolute atomic E-state index is 0.0811. The fourth-order valence-corrected chi connectivity index (χ4v) is 2.18. The number of nitrogens with zero attached hydrogens (tertiary/aromatic N) is 1. The highest BCUT2D eigenvalue weighted by atomic mass is 35.5. The van der Waals surface area contributed by atoms with Crippen molar-refractivity contribution in [2.24, 2.45) is 0 Å². The molecule has 1 aliphatic carbocycles. The maximum atomic E-state index is 10.9. The molecule has 0 heterocycles. The Morgan fingerprint density at radius 1 is 1.41 bits per heavy atom. The smallest absolute Gasteiger partial charge is 0.314 e. The Morgan fingerprint density at radius 3 is 2.76 bits per heavy atom. The van der Waals surface area contributed by atoms with Crippen molar-refractivity contribution >= 4 is 28.9 Å². The molecule has 4 nitrogen and oxygen atoms in total. The summed E-state index contributed by atoms with van der Waals surface area (Å²) < 4.78 is 5.53. The van der Waals surface area contributed by atoms with Crippen LogP contribution in [0.5, 0.6) is 5.75 Å². The van der Waals surface area contributed by atoms with E-state index in [0.29, 0.717) is 0 Å². The first-order valence-corrected chi connectivity index (χ1v) is 5.80. The van der Waals surface area contributed by atoms with Gasteiger partial charge >= 0.3 is 5.69 Å². The second kappa shape index (κ2) is 4.94. The van der Waals surface area contributed by atoms with E-state index in [4.69, 9.17) is 27.9 Å². The molecular formula is C11H9Cl2NO3. The van der Waals surface area contributed by atoms with Crippen LogP contribution in [-0.4, -0.2) is 11.0 Å². The number of allylic oxidation sites excluding steroid dienone is 1. The van der Waals surface area contributed by atoms with Gasteiger partial charge in [-0.3, -0.25) is 10.1 Å². The Labute approximate surface area is 108 Å². The molecule has 1 aromatic rings. The predicted octanol–water partition coefficient (Wildman–Crippen LogP) is 4.00. The summed E-state index contributed by atoms with van der Waals surface area (Å²) in [6, 6.07) is 2.67. The lowest BCUT2D eigenvalue weighted by molar-refractivity contribution is -0.386. The lowest BCUT2D eigenvalue weighted by atomic mass is 10.2. The molecule has 0 N–H and O–H groups in total. The average Bonchev–Trinajstić information content (AvgIpc) is 2.74. The van der Waals surface area contributed by atoms with Gasteiger partial charge in [-0.1, -0.05) is 29.3 Å². The van der Waals surface area contributed by atoms with Gasteiger partial charge in [0.15, 0.2) is 0 Å². The number of benzene rings is 1. The van der Waals surface area contributed by atoms with E-state index in [1.807, 2.05) is 12.2 Å². The SMILES string of the molecule is O=[N+]([O-])c1cc(Cl)cc(Cl)c1O[C@H]1C=CCC1. The van der Waals surface area contributed by atoms with Crippen molar-refractivity contribution in [1.29, 1.82) is 0 Å². The highest BCUT2D eigenvalue weighted by molar-refractivity contribution is 6.36. The van der Waals surface area contributed by atoms with Crippen LogP contribution >= 0.6 is 23.2 Å². The first-order valence-electron chi connectivity index (χ1n) is 5.04. The highest BCUT2D eigenvalue weighted by Crippen LogP contribution is 2.39. The number of ether oxygens (including phenoxy) is 1. The van der Waals surface area contributed by atoms with Crippen LogP contribution in [0, 0.1) is 10.1 Å². The molecule has 0 spiro atoms. The normalized spacial score (nSPS) is 18.4. The lowest BCUT2D eigenvalue weighted by Crippen LogP contribution is -2.11. The van der Waals surface area contributed by atoms with Crippen molar-refractivity contribution in [3.05, 3.63) is 44.4 Å². The molecule has 0 fully saturated rings. The van der Waals surface area contributed by atoms with Crippen LogP contribution in [-0.2, 0) is 0 Å². The molecule has 0 saturated heterocycles. The third kappa shape index (κ3) is 2.70. The molecule has 6 heteroatoms. The molecule has 17 heavy (non-hydrogen) atoms. The standard InChI is InChI=1S/C11H9Cl2NO3/c12-7-5-9(13)11(10(6-7)14(15)16)17-8-3-1-2-4-8/h1,3,5-6,8H,2,4H2/t8-/m0/s1. The van der Waals surface area contributed by atoms with Gasteiger partial charge in [0.25, 0.3) is 0 Å². The summed E-state index contributed by atoms with van der Waals surface area (Å²) in [6.45, 7) is 0. The second-order valence-electron chi connectivity index (χ2n) is 3.65. The molecule has 90 valence electrons. The predicted molar refractivity (Wildman–Crippen MR) is 65.9 cm³/mol. The van der Waals surface area contributed by atoms with E-state index in [0.717, 1.165) is 12.8 Å². The summed E-state index contributed by atoms with van der Waals surface area (Å²) in [7, 11) is 0. The third-order valence-corrected chi connectivity index (χ3v) is 2.92. The number of rotatable bonds is 3. The van der Waals surface area contributed by atoms with Gasteiger partial charge in [0, 0.05) is 11.1 Å². The van der Waals surface area contributed by atoms with Crippen LogP contribution in [0.3, 0.4) is 0 Å². The monoisotopic (exact) mass is 273 g/mol. The number of nitro benzene ring substituents is 1. The molecule has 1 aliphatic rings.